The molecule has 0 aliphatic carbocycles. The number of thiazole rings is 1. The lowest BCUT2D eigenvalue weighted by Crippen LogP contribution is -2.50. The van der Waals surface area contributed by atoms with E-state index in [-0.39, 0.29) is 6.03 Å². The van der Waals surface area contributed by atoms with E-state index in [1.807, 2.05) is 12.1 Å². The minimum absolute atomic E-state index is 0.143. The van der Waals surface area contributed by atoms with Gasteiger partial charge in [-0.15, -0.1) is 22.9 Å². The molecule has 3 heterocycles. The molecule has 1 aliphatic heterocycles. The predicted molar refractivity (Wildman–Crippen MR) is 126 cm³/mol. The molecule has 0 atom stereocenters. The van der Waals surface area contributed by atoms with E-state index >= 15 is 0 Å². The Labute approximate surface area is 187 Å². The van der Waals surface area contributed by atoms with Crippen LogP contribution >= 0.6 is 22.9 Å². The van der Waals surface area contributed by atoms with E-state index in [1.54, 1.807) is 10.3 Å². The van der Waals surface area contributed by atoms with Gasteiger partial charge in [0.25, 0.3) is 0 Å². The van der Waals surface area contributed by atoms with Gasteiger partial charge in [-0.3, -0.25) is 5.32 Å². The molecule has 1 saturated heterocycles. The highest BCUT2D eigenvalue weighted by Crippen LogP contribution is 2.31. The molecule has 0 saturated carbocycles. The normalized spacial score (nSPS) is 13.9. The Balaban J connectivity index is 1.22. The molecule has 154 valence electrons. The molecule has 2 amide bonds. The number of hydrogen-bond acceptors (Lipinski definition) is 7. The Kier molecular flexibility index (Phi) is 5.24. The number of nitrogens with zero attached hydrogens (tertiary/aromatic N) is 5. The first-order chi connectivity index (χ1) is 15.2. The van der Waals surface area contributed by atoms with E-state index in [0.29, 0.717) is 23.9 Å². The second kappa shape index (κ2) is 8.34. The zero-order valence-electron chi connectivity index (χ0n) is 16.5. The summed E-state index contributed by atoms with van der Waals surface area (Å²) < 4.78 is 5.17. The van der Waals surface area contributed by atoms with Crippen molar-refractivity contribution in [3.63, 3.8) is 0 Å². The molecule has 5 rings (SSSR count). The zero-order chi connectivity index (χ0) is 21.2. The first-order valence-electron chi connectivity index (χ1n) is 9.76. The number of hydrogen-bond donors (Lipinski definition) is 1. The Hall–Kier alpha value is -3.48. The molecular weight excluding hydrogens is 428 g/mol. The molecule has 2 aromatic carbocycles. The smallest absolute Gasteiger partial charge is 0.323 e. The summed E-state index contributed by atoms with van der Waals surface area (Å²) in [5.41, 5.74) is 4.37. The number of piperazine rings is 1. The lowest BCUT2D eigenvalue weighted by Gasteiger charge is -2.36. The van der Waals surface area contributed by atoms with Crippen LogP contribution in [0.1, 0.15) is 5.01 Å². The Morgan fingerprint density at radius 3 is 2.65 bits per heavy atom. The van der Waals surface area contributed by atoms with Gasteiger partial charge in [-0.1, -0.05) is 28.8 Å². The van der Waals surface area contributed by atoms with Crippen molar-refractivity contribution in [3.05, 3.63) is 52.9 Å². The van der Waals surface area contributed by atoms with Gasteiger partial charge in [0.2, 0.25) is 0 Å². The average molecular weight is 447 g/mol. The van der Waals surface area contributed by atoms with Crippen molar-refractivity contribution >= 4 is 50.6 Å². The van der Waals surface area contributed by atoms with Gasteiger partial charge in [0.1, 0.15) is 11.3 Å². The van der Waals surface area contributed by atoms with Crippen molar-refractivity contribution in [1.29, 1.82) is 0 Å². The minimum atomic E-state index is -0.143. The summed E-state index contributed by atoms with van der Waals surface area (Å²) in [5.74, 6) is 2.98. The van der Waals surface area contributed by atoms with Crippen molar-refractivity contribution < 1.29 is 4.79 Å². The van der Waals surface area contributed by atoms with Crippen LogP contribution in [0.5, 0.6) is 0 Å². The fourth-order valence-electron chi connectivity index (χ4n) is 3.64. The maximum atomic E-state index is 12.5. The second-order valence-electron chi connectivity index (χ2n) is 7.06. The molecule has 1 fully saturated rings. The third kappa shape index (κ3) is 3.95. The van der Waals surface area contributed by atoms with E-state index in [9.17, 15) is 4.79 Å². The van der Waals surface area contributed by atoms with Crippen LogP contribution in [-0.2, 0) is 0 Å². The number of nitrogens with one attached hydrogen (secondary N) is 1. The molecule has 2 aromatic heterocycles. The predicted octanol–water partition coefficient (Wildman–Crippen LogP) is 4.15. The monoisotopic (exact) mass is 446 g/mol. The summed E-state index contributed by atoms with van der Waals surface area (Å²) in [6.45, 7) is 2.83. The Morgan fingerprint density at radius 2 is 1.90 bits per heavy atom. The fourth-order valence-corrected chi connectivity index (χ4v) is 4.89. The molecule has 0 bridgehead atoms. The van der Waals surface area contributed by atoms with Crippen LogP contribution in [0.3, 0.4) is 0 Å². The largest absolute Gasteiger partial charge is 0.368 e. The number of rotatable bonds is 3. The molecule has 1 N–H and O–H groups in total. The zero-order valence-corrected chi connectivity index (χ0v) is 18.1. The number of urea groups is 1. The van der Waals surface area contributed by atoms with Crippen LogP contribution in [0.25, 0.3) is 21.3 Å². The minimum Gasteiger partial charge on any atom is -0.368 e. The van der Waals surface area contributed by atoms with Crippen LogP contribution in [0.2, 0.25) is 0 Å². The van der Waals surface area contributed by atoms with Crippen molar-refractivity contribution in [2.75, 3.05) is 36.4 Å². The quantitative estimate of drug-likeness (QED) is 0.479. The van der Waals surface area contributed by atoms with Gasteiger partial charge in [-0.2, -0.15) is 0 Å². The highest BCUT2D eigenvalue weighted by Gasteiger charge is 2.22. The molecule has 4 aromatic rings. The molecule has 0 spiro atoms. The highest BCUT2D eigenvalue weighted by atomic mass is 32.1. The van der Waals surface area contributed by atoms with Gasteiger partial charge >= 0.3 is 6.03 Å². The number of amides is 2. The summed E-state index contributed by atoms with van der Waals surface area (Å²) in [5, 5.41) is 9.30. The first kappa shape index (κ1) is 19.5. The van der Waals surface area contributed by atoms with Gasteiger partial charge in [-0.05, 0) is 41.2 Å². The standard InChI is InChI=1S/C22H18N6OS2/c1-2-20-23-19(14-30-20)24-22(29)28-12-10-27(11-13-28)16-8-6-15(7-9-16)17-4-3-5-18-21(17)31-26-25-18/h1,3-9,14H,10-13H2,(H,24,29). The number of anilines is 2. The number of terminal acetylenes is 1. The van der Waals surface area contributed by atoms with Crippen molar-refractivity contribution in [3.8, 4) is 23.5 Å². The van der Waals surface area contributed by atoms with Gasteiger partial charge in [0, 0.05) is 42.8 Å². The highest BCUT2D eigenvalue weighted by molar-refractivity contribution is 7.13. The fraction of sp³-hybridized carbons (Fsp3) is 0.182. The van der Waals surface area contributed by atoms with E-state index in [2.05, 4.69) is 61.0 Å². The number of carbonyl (C=O) groups excluding carboxylic acids is 1. The van der Waals surface area contributed by atoms with E-state index < -0.39 is 0 Å². The lowest BCUT2D eigenvalue weighted by molar-refractivity contribution is 0.208. The summed E-state index contributed by atoms with van der Waals surface area (Å²) >= 11 is 2.76. The average Bonchev–Trinajstić information content (AvgIpc) is 3.48. The summed E-state index contributed by atoms with van der Waals surface area (Å²) in [6.07, 6.45) is 5.33. The van der Waals surface area contributed by atoms with Crippen molar-refractivity contribution in [2.45, 2.75) is 0 Å². The summed E-state index contributed by atoms with van der Waals surface area (Å²) in [6, 6.07) is 14.5. The maximum Gasteiger partial charge on any atom is 0.323 e. The molecule has 0 radical (unpaired) electrons. The van der Waals surface area contributed by atoms with Gasteiger partial charge in [-0.25, -0.2) is 9.78 Å². The van der Waals surface area contributed by atoms with Crippen LogP contribution in [0.4, 0.5) is 16.3 Å². The SMILES string of the molecule is C#Cc1nc(NC(=O)N2CCN(c3ccc(-c4cccc5nnsc45)cc3)CC2)cs1. The number of carbonyl (C=O) groups is 1. The Bertz CT molecular complexity index is 1270. The van der Waals surface area contributed by atoms with Crippen LogP contribution in [-0.4, -0.2) is 51.7 Å². The molecule has 0 unspecified atom stereocenters. The third-order valence-electron chi connectivity index (χ3n) is 5.25. The maximum absolute atomic E-state index is 12.5. The third-order valence-corrected chi connectivity index (χ3v) is 6.80. The van der Waals surface area contributed by atoms with Crippen LogP contribution < -0.4 is 10.2 Å². The second-order valence-corrected chi connectivity index (χ2v) is 8.67. The van der Waals surface area contributed by atoms with Crippen LogP contribution in [0, 0.1) is 12.3 Å². The molecular formula is C22H18N6OS2. The van der Waals surface area contributed by atoms with Gasteiger partial charge in [0.15, 0.2) is 5.01 Å². The van der Waals surface area contributed by atoms with E-state index in [4.69, 9.17) is 6.42 Å². The van der Waals surface area contributed by atoms with Crippen molar-refractivity contribution in [2.24, 2.45) is 0 Å². The lowest BCUT2D eigenvalue weighted by atomic mass is 10.0. The topological polar surface area (TPSA) is 74.2 Å². The van der Waals surface area contributed by atoms with Crippen molar-refractivity contribution in [1.82, 2.24) is 19.5 Å². The Morgan fingerprint density at radius 1 is 1.10 bits per heavy atom. The van der Waals surface area contributed by atoms with Gasteiger partial charge in [0.05, 0.1) is 4.70 Å². The van der Waals surface area contributed by atoms with Crippen LogP contribution in [0.15, 0.2) is 47.8 Å². The molecule has 7 nitrogen and oxygen atoms in total. The number of aromatic nitrogens is 3. The number of benzene rings is 2. The number of fused-ring (bicyclic) bond motifs is 1. The summed E-state index contributed by atoms with van der Waals surface area (Å²) in [7, 11) is 0. The molecule has 1 aliphatic rings. The molecule has 31 heavy (non-hydrogen) atoms. The molecule has 9 heteroatoms. The summed E-state index contributed by atoms with van der Waals surface area (Å²) in [4.78, 5) is 20.8. The van der Waals surface area contributed by atoms with Gasteiger partial charge < -0.3 is 9.80 Å². The first-order valence-corrected chi connectivity index (χ1v) is 11.4. The van der Waals surface area contributed by atoms with E-state index in [0.717, 1.165) is 40.1 Å². The van der Waals surface area contributed by atoms with E-state index in [1.165, 1.54) is 22.9 Å².